The zero-order valence-electron chi connectivity index (χ0n) is 15.7. The number of benzene rings is 2. The quantitative estimate of drug-likeness (QED) is 0.756. The predicted octanol–water partition coefficient (Wildman–Crippen LogP) is 4.36. The molecule has 146 valence electrons. The summed E-state index contributed by atoms with van der Waals surface area (Å²) >= 11 is 0. The predicted molar refractivity (Wildman–Crippen MR) is 105 cm³/mol. The van der Waals surface area contributed by atoms with E-state index >= 15 is 0 Å². The van der Waals surface area contributed by atoms with E-state index < -0.39 is 15.8 Å². The molecule has 2 fully saturated rings. The Balaban J connectivity index is 1.40. The van der Waals surface area contributed by atoms with Crippen LogP contribution in [-0.4, -0.2) is 20.7 Å². The first-order valence-electron chi connectivity index (χ1n) is 10.2. The maximum Gasteiger partial charge on any atom is 0.264 e. The normalized spacial score (nSPS) is 23.2. The third-order valence-electron chi connectivity index (χ3n) is 6.96. The number of hydrogen-bond donors (Lipinski definition) is 0. The Morgan fingerprint density at radius 1 is 0.857 bits per heavy atom. The van der Waals surface area contributed by atoms with Gasteiger partial charge in [0.25, 0.3) is 15.8 Å². The Morgan fingerprint density at radius 2 is 1.61 bits per heavy atom. The van der Waals surface area contributed by atoms with Gasteiger partial charge in [-0.2, -0.15) is 0 Å². The largest absolute Gasteiger partial charge is 0.448 e. The van der Waals surface area contributed by atoms with Crippen molar-refractivity contribution in [2.75, 3.05) is 10.8 Å². The summed E-state index contributed by atoms with van der Waals surface area (Å²) in [6.07, 6.45) is 7.21. The van der Waals surface area contributed by atoms with E-state index in [9.17, 15) is 8.42 Å². The van der Waals surface area contributed by atoms with Gasteiger partial charge in [-0.1, -0.05) is 31.0 Å². The van der Waals surface area contributed by atoms with Gasteiger partial charge in [-0.3, -0.25) is 4.31 Å². The molecule has 0 saturated heterocycles. The van der Waals surface area contributed by atoms with E-state index in [1.165, 1.54) is 5.56 Å². The van der Waals surface area contributed by atoms with Gasteiger partial charge in [-0.05, 0) is 43.0 Å². The minimum atomic E-state index is -3.67. The number of fused-ring (bicyclic) bond motifs is 3. The first-order chi connectivity index (χ1) is 13.5. The average molecular weight is 397 g/mol. The summed E-state index contributed by atoms with van der Waals surface area (Å²) in [6.45, 7) is 0.535. The van der Waals surface area contributed by atoms with Gasteiger partial charge in [0.15, 0.2) is 11.5 Å². The van der Waals surface area contributed by atoms with E-state index in [4.69, 9.17) is 9.47 Å². The lowest BCUT2D eigenvalue weighted by atomic mass is 9.81. The zero-order valence-corrected chi connectivity index (χ0v) is 16.5. The molecule has 4 aliphatic rings. The number of nitrogens with zero attached hydrogens (tertiary/aromatic N) is 1. The number of hydrogen-bond acceptors (Lipinski definition) is 4. The van der Waals surface area contributed by atoms with Crippen LogP contribution < -0.4 is 13.8 Å². The molecule has 2 heterocycles. The van der Waals surface area contributed by atoms with Crippen LogP contribution in [0.5, 0.6) is 11.5 Å². The van der Waals surface area contributed by atoms with Crippen LogP contribution in [0, 0.1) is 0 Å². The van der Waals surface area contributed by atoms with Crippen molar-refractivity contribution in [1.29, 1.82) is 0 Å². The van der Waals surface area contributed by atoms with E-state index in [1.54, 1.807) is 22.5 Å². The summed E-state index contributed by atoms with van der Waals surface area (Å²) in [5.41, 5.74) is 1.98. The molecule has 2 saturated carbocycles. The van der Waals surface area contributed by atoms with Crippen LogP contribution in [0.15, 0.2) is 47.4 Å². The van der Waals surface area contributed by atoms with Crippen LogP contribution in [0.2, 0.25) is 0 Å². The molecule has 6 heteroatoms. The molecule has 0 unspecified atom stereocenters. The number of para-hydroxylation sites is 1. The molecule has 0 bridgehead atoms. The third kappa shape index (κ3) is 2.15. The van der Waals surface area contributed by atoms with E-state index in [0.717, 1.165) is 50.6 Å². The molecule has 6 rings (SSSR count). The van der Waals surface area contributed by atoms with Crippen LogP contribution in [0.25, 0.3) is 0 Å². The summed E-state index contributed by atoms with van der Waals surface area (Å²) in [6, 6.07) is 13.0. The summed E-state index contributed by atoms with van der Waals surface area (Å²) < 4.78 is 40.8. The Hall–Kier alpha value is -2.21. The standard InChI is InChI=1S/C22H23NO4S/c24-28(25,16-8-9-19-20(14-16)27-22(26-19)12-5-13-22)23-15-21(10-3-4-11-21)17-6-1-2-7-18(17)23/h1-2,6-9,14H,3-5,10-13,15H2. The molecule has 5 nitrogen and oxygen atoms in total. The second-order valence-electron chi connectivity index (χ2n) is 8.59. The second kappa shape index (κ2) is 5.44. The zero-order chi connectivity index (χ0) is 19.0. The molecule has 2 aromatic carbocycles. The summed E-state index contributed by atoms with van der Waals surface area (Å²) in [5, 5.41) is 0. The van der Waals surface area contributed by atoms with E-state index in [1.807, 2.05) is 18.2 Å². The summed E-state index contributed by atoms with van der Waals surface area (Å²) in [5.74, 6) is 0.635. The molecule has 0 radical (unpaired) electrons. The van der Waals surface area contributed by atoms with Gasteiger partial charge < -0.3 is 9.47 Å². The Bertz CT molecular complexity index is 1070. The molecular weight excluding hydrogens is 374 g/mol. The first kappa shape index (κ1) is 16.7. The van der Waals surface area contributed by atoms with Gasteiger partial charge in [0.2, 0.25) is 0 Å². The monoisotopic (exact) mass is 397 g/mol. The number of rotatable bonds is 2. The second-order valence-corrected chi connectivity index (χ2v) is 10.5. The fraction of sp³-hybridized carbons (Fsp3) is 0.455. The van der Waals surface area contributed by atoms with E-state index in [-0.39, 0.29) is 10.3 Å². The third-order valence-corrected chi connectivity index (χ3v) is 8.72. The molecular formula is C22H23NO4S. The highest BCUT2D eigenvalue weighted by Crippen LogP contribution is 2.53. The summed E-state index contributed by atoms with van der Waals surface area (Å²) in [4.78, 5) is 0.274. The lowest BCUT2D eigenvalue weighted by Gasteiger charge is -2.35. The van der Waals surface area contributed by atoms with Gasteiger partial charge in [0.1, 0.15) is 0 Å². The van der Waals surface area contributed by atoms with E-state index in [2.05, 4.69) is 6.07 Å². The highest BCUT2D eigenvalue weighted by molar-refractivity contribution is 7.92. The molecule has 2 aliphatic carbocycles. The topological polar surface area (TPSA) is 55.8 Å². The lowest BCUT2D eigenvalue weighted by molar-refractivity contribution is -0.138. The molecule has 0 atom stereocenters. The Labute approximate surface area is 165 Å². The van der Waals surface area contributed by atoms with Crippen LogP contribution in [0.4, 0.5) is 5.69 Å². The van der Waals surface area contributed by atoms with Gasteiger partial charge in [0.05, 0.1) is 10.6 Å². The summed E-state index contributed by atoms with van der Waals surface area (Å²) in [7, 11) is -3.67. The van der Waals surface area contributed by atoms with Gasteiger partial charge in [-0.15, -0.1) is 0 Å². The lowest BCUT2D eigenvalue weighted by Crippen LogP contribution is -2.45. The number of ether oxygens (including phenoxy) is 2. The minimum absolute atomic E-state index is 0.0318. The average Bonchev–Trinajstić information content (AvgIpc) is 3.38. The van der Waals surface area contributed by atoms with Crippen molar-refractivity contribution in [2.24, 2.45) is 0 Å². The van der Waals surface area contributed by atoms with Crippen LogP contribution >= 0.6 is 0 Å². The highest BCUT2D eigenvalue weighted by atomic mass is 32.2. The molecule has 0 N–H and O–H groups in total. The van der Waals surface area contributed by atoms with Crippen molar-refractivity contribution in [3.8, 4) is 11.5 Å². The molecule has 2 aromatic rings. The van der Waals surface area contributed by atoms with Crippen molar-refractivity contribution >= 4 is 15.7 Å². The van der Waals surface area contributed by atoms with Crippen LogP contribution in [0.3, 0.4) is 0 Å². The van der Waals surface area contributed by atoms with Gasteiger partial charge in [-0.25, -0.2) is 8.42 Å². The fourth-order valence-corrected chi connectivity index (χ4v) is 6.90. The maximum absolute atomic E-state index is 13.6. The Kier molecular flexibility index (Phi) is 3.25. The molecule has 0 aromatic heterocycles. The highest BCUT2D eigenvalue weighted by Gasteiger charge is 2.49. The molecule has 0 amide bonds. The van der Waals surface area contributed by atoms with Crippen molar-refractivity contribution in [1.82, 2.24) is 0 Å². The minimum Gasteiger partial charge on any atom is -0.448 e. The fourth-order valence-electron chi connectivity index (χ4n) is 5.31. The molecule has 28 heavy (non-hydrogen) atoms. The molecule has 2 spiro atoms. The van der Waals surface area contributed by atoms with Gasteiger partial charge in [0, 0.05) is 30.9 Å². The van der Waals surface area contributed by atoms with Crippen molar-refractivity contribution < 1.29 is 17.9 Å². The van der Waals surface area contributed by atoms with Crippen molar-refractivity contribution in [3.63, 3.8) is 0 Å². The SMILES string of the molecule is O=S(=O)(c1ccc2c(c1)OC1(CCC1)O2)N1CC2(CCCC2)c2ccccc21. The van der Waals surface area contributed by atoms with E-state index in [0.29, 0.717) is 18.0 Å². The van der Waals surface area contributed by atoms with Crippen LogP contribution in [-0.2, 0) is 15.4 Å². The van der Waals surface area contributed by atoms with Gasteiger partial charge >= 0.3 is 0 Å². The van der Waals surface area contributed by atoms with Crippen molar-refractivity contribution in [3.05, 3.63) is 48.0 Å². The smallest absolute Gasteiger partial charge is 0.264 e. The first-order valence-corrected chi connectivity index (χ1v) is 11.6. The Morgan fingerprint density at radius 3 is 2.36 bits per heavy atom. The maximum atomic E-state index is 13.6. The molecule has 2 aliphatic heterocycles. The number of sulfonamides is 1. The number of anilines is 1. The van der Waals surface area contributed by atoms with Crippen LogP contribution in [0.1, 0.15) is 50.5 Å². The van der Waals surface area contributed by atoms with Crippen molar-refractivity contribution in [2.45, 2.75) is 61.0 Å².